The molecule has 0 N–H and O–H groups in total. The molecule has 0 saturated heterocycles. The number of hydrogen-bond donors (Lipinski definition) is 0. The van der Waals surface area contributed by atoms with Crippen molar-refractivity contribution in [1.82, 2.24) is 0 Å². The summed E-state index contributed by atoms with van der Waals surface area (Å²) in [6, 6.07) is 2.19. The van der Waals surface area contributed by atoms with E-state index in [9.17, 15) is 4.79 Å². The smallest absolute Gasteiger partial charge is 0.302 e. The zero-order chi connectivity index (χ0) is 12.0. The van der Waals surface area contributed by atoms with Gasteiger partial charge in [-0.1, -0.05) is 11.6 Å². The maximum atomic E-state index is 10.6. The second-order valence-electron chi connectivity index (χ2n) is 3.57. The summed E-state index contributed by atoms with van der Waals surface area (Å²) < 4.78 is 9.95. The number of carbonyl (C=O) groups is 1. The van der Waals surface area contributed by atoms with Gasteiger partial charge < -0.3 is 9.47 Å². The Kier molecular flexibility index (Phi) is 4.59. The van der Waals surface area contributed by atoms with Gasteiger partial charge in [0.1, 0.15) is 11.7 Å². The first-order chi connectivity index (χ1) is 7.67. The van der Waals surface area contributed by atoms with Crippen LogP contribution in [0.1, 0.15) is 19.8 Å². The van der Waals surface area contributed by atoms with Gasteiger partial charge in [-0.3, -0.25) is 4.79 Å². The number of methoxy groups -OCH3 is 1. The van der Waals surface area contributed by atoms with Crippen LogP contribution in [0.5, 0.6) is 0 Å². The number of nitrogens with zero attached hydrogens (tertiary/aromatic N) is 1. The van der Waals surface area contributed by atoms with E-state index in [0.717, 1.165) is 5.57 Å². The zero-order valence-electron chi connectivity index (χ0n) is 9.53. The van der Waals surface area contributed by atoms with E-state index in [4.69, 9.17) is 14.7 Å². The minimum absolute atomic E-state index is 0.220. The Morgan fingerprint density at radius 2 is 2.38 bits per heavy atom. The number of carbonyl (C=O) groups excluding carboxylic acids is 1. The normalized spacial score (nSPS) is 19.2. The lowest BCUT2D eigenvalue weighted by Gasteiger charge is -2.18. The fourth-order valence-corrected chi connectivity index (χ4v) is 1.58. The van der Waals surface area contributed by atoms with Gasteiger partial charge in [0.05, 0.1) is 19.8 Å². The molecule has 0 amide bonds. The SMILES string of the molecule is COC1=CC=C(CCOC(C)=O)CC1C#N. The van der Waals surface area contributed by atoms with E-state index < -0.39 is 0 Å². The second kappa shape index (κ2) is 5.96. The fourth-order valence-electron chi connectivity index (χ4n) is 1.58. The Morgan fingerprint density at radius 3 is 2.94 bits per heavy atom. The molecule has 0 radical (unpaired) electrons. The highest BCUT2D eigenvalue weighted by atomic mass is 16.5. The Bertz CT molecular complexity index is 363. The molecule has 4 heteroatoms. The van der Waals surface area contributed by atoms with Gasteiger partial charge in [-0.05, 0) is 12.5 Å². The third-order valence-corrected chi connectivity index (χ3v) is 2.41. The predicted molar refractivity (Wildman–Crippen MR) is 58.1 cm³/mol. The molecule has 1 rings (SSSR count). The molecule has 0 aliphatic heterocycles. The molecule has 0 aromatic carbocycles. The van der Waals surface area contributed by atoms with Gasteiger partial charge in [0.2, 0.25) is 0 Å². The summed E-state index contributed by atoms with van der Waals surface area (Å²) in [5, 5.41) is 8.94. The molecule has 16 heavy (non-hydrogen) atoms. The predicted octanol–water partition coefficient (Wildman–Crippen LogP) is 1.94. The molecule has 1 aliphatic carbocycles. The maximum Gasteiger partial charge on any atom is 0.302 e. The minimum atomic E-state index is -0.277. The summed E-state index contributed by atoms with van der Waals surface area (Å²) in [6.45, 7) is 1.76. The summed E-state index contributed by atoms with van der Waals surface area (Å²) >= 11 is 0. The fraction of sp³-hybridized carbons (Fsp3) is 0.500. The first kappa shape index (κ1) is 12.3. The van der Waals surface area contributed by atoms with E-state index in [-0.39, 0.29) is 11.9 Å². The zero-order valence-corrected chi connectivity index (χ0v) is 9.53. The van der Waals surface area contributed by atoms with E-state index in [1.54, 1.807) is 13.2 Å². The number of esters is 1. The molecular formula is C12H15NO3. The number of nitriles is 1. The first-order valence-corrected chi connectivity index (χ1v) is 5.14. The van der Waals surface area contributed by atoms with Crippen molar-refractivity contribution in [1.29, 1.82) is 5.26 Å². The minimum Gasteiger partial charge on any atom is -0.500 e. The van der Waals surface area contributed by atoms with Crippen molar-refractivity contribution in [3.8, 4) is 6.07 Å². The van der Waals surface area contributed by atoms with Crippen molar-refractivity contribution < 1.29 is 14.3 Å². The van der Waals surface area contributed by atoms with Crippen LogP contribution in [0.15, 0.2) is 23.5 Å². The Balaban J connectivity index is 2.51. The molecule has 0 spiro atoms. The molecule has 1 aliphatic rings. The van der Waals surface area contributed by atoms with Gasteiger partial charge in [0.25, 0.3) is 0 Å². The monoisotopic (exact) mass is 221 g/mol. The number of ether oxygens (including phenoxy) is 2. The number of hydrogen-bond acceptors (Lipinski definition) is 4. The van der Waals surface area contributed by atoms with E-state index in [1.807, 2.05) is 6.08 Å². The van der Waals surface area contributed by atoms with Crippen molar-refractivity contribution in [2.45, 2.75) is 19.8 Å². The molecule has 1 unspecified atom stereocenters. The Hall–Kier alpha value is -1.76. The highest BCUT2D eigenvalue weighted by Crippen LogP contribution is 2.26. The molecule has 0 fully saturated rings. The molecule has 4 nitrogen and oxygen atoms in total. The highest BCUT2D eigenvalue weighted by Gasteiger charge is 2.19. The standard InChI is InChI=1S/C12H15NO3/c1-9(14)16-6-5-10-3-4-12(15-2)11(7-10)8-13/h3-4,11H,5-7H2,1-2H3. The van der Waals surface area contributed by atoms with Crippen LogP contribution in [-0.4, -0.2) is 19.7 Å². The first-order valence-electron chi connectivity index (χ1n) is 5.14. The second-order valence-corrected chi connectivity index (χ2v) is 3.57. The lowest BCUT2D eigenvalue weighted by molar-refractivity contribution is -0.140. The average Bonchev–Trinajstić information content (AvgIpc) is 2.28. The Morgan fingerprint density at radius 1 is 1.62 bits per heavy atom. The summed E-state index contributed by atoms with van der Waals surface area (Å²) in [6.07, 6.45) is 5.05. The number of allylic oxidation sites excluding steroid dienone is 3. The molecule has 0 bridgehead atoms. The van der Waals surface area contributed by atoms with Gasteiger partial charge >= 0.3 is 5.97 Å². The maximum absolute atomic E-state index is 10.6. The van der Waals surface area contributed by atoms with E-state index in [1.165, 1.54) is 6.92 Å². The van der Waals surface area contributed by atoms with Crippen LogP contribution >= 0.6 is 0 Å². The van der Waals surface area contributed by atoms with Crippen LogP contribution in [0, 0.1) is 17.2 Å². The largest absolute Gasteiger partial charge is 0.500 e. The summed E-state index contributed by atoms with van der Waals surface area (Å²) in [4.78, 5) is 10.6. The molecule has 0 heterocycles. The van der Waals surface area contributed by atoms with Crippen LogP contribution in [-0.2, 0) is 14.3 Å². The molecule has 1 atom stereocenters. The third kappa shape index (κ3) is 3.43. The van der Waals surface area contributed by atoms with Crippen LogP contribution in [0.2, 0.25) is 0 Å². The molecule has 86 valence electrons. The van der Waals surface area contributed by atoms with Gasteiger partial charge in [-0.25, -0.2) is 0 Å². The van der Waals surface area contributed by atoms with Gasteiger partial charge in [-0.2, -0.15) is 5.26 Å². The highest BCUT2D eigenvalue weighted by molar-refractivity contribution is 5.65. The summed E-state index contributed by atoms with van der Waals surface area (Å²) in [5.74, 6) is 0.197. The molecule has 0 aromatic rings. The van der Waals surface area contributed by atoms with Gasteiger partial charge in [-0.15, -0.1) is 0 Å². The summed E-state index contributed by atoms with van der Waals surface area (Å²) in [5.41, 5.74) is 1.11. The topological polar surface area (TPSA) is 59.3 Å². The van der Waals surface area contributed by atoms with Crippen LogP contribution < -0.4 is 0 Å². The van der Waals surface area contributed by atoms with Gasteiger partial charge in [0, 0.05) is 13.3 Å². The van der Waals surface area contributed by atoms with E-state index >= 15 is 0 Å². The third-order valence-electron chi connectivity index (χ3n) is 2.41. The van der Waals surface area contributed by atoms with Gasteiger partial charge in [0.15, 0.2) is 0 Å². The average molecular weight is 221 g/mol. The van der Waals surface area contributed by atoms with E-state index in [2.05, 4.69) is 6.07 Å². The molecule has 0 aromatic heterocycles. The van der Waals surface area contributed by atoms with E-state index in [0.29, 0.717) is 25.2 Å². The molecule has 0 saturated carbocycles. The molecular weight excluding hydrogens is 206 g/mol. The quantitative estimate of drug-likeness (QED) is 0.681. The number of rotatable bonds is 4. The van der Waals surface area contributed by atoms with Crippen molar-refractivity contribution >= 4 is 5.97 Å². The summed E-state index contributed by atoms with van der Waals surface area (Å²) in [7, 11) is 1.56. The van der Waals surface area contributed by atoms with Crippen molar-refractivity contribution in [2.24, 2.45) is 5.92 Å². The van der Waals surface area contributed by atoms with Crippen LogP contribution in [0.3, 0.4) is 0 Å². The van der Waals surface area contributed by atoms with Crippen molar-refractivity contribution in [3.05, 3.63) is 23.5 Å². The lowest BCUT2D eigenvalue weighted by Crippen LogP contribution is -2.10. The lowest BCUT2D eigenvalue weighted by atomic mass is 9.92. The van der Waals surface area contributed by atoms with Crippen molar-refractivity contribution in [3.63, 3.8) is 0 Å². The van der Waals surface area contributed by atoms with Crippen LogP contribution in [0.4, 0.5) is 0 Å². The van der Waals surface area contributed by atoms with Crippen molar-refractivity contribution in [2.75, 3.05) is 13.7 Å². The Labute approximate surface area is 95.1 Å². The van der Waals surface area contributed by atoms with Crippen LogP contribution in [0.25, 0.3) is 0 Å².